The van der Waals surface area contributed by atoms with Crippen molar-refractivity contribution in [3.8, 4) is 10.6 Å². The Balaban J connectivity index is 2.52. The van der Waals surface area contributed by atoms with Gasteiger partial charge in [0.05, 0.1) is 4.88 Å². The number of thiazole rings is 1. The van der Waals surface area contributed by atoms with Crippen LogP contribution in [0.2, 0.25) is 0 Å². The summed E-state index contributed by atoms with van der Waals surface area (Å²) < 4.78 is 39.4. The first-order chi connectivity index (χ1) is 8.93. The van der Waals surface area contributed by atoms with Crippen LogP contribution in [0.3, 0.4) is 0 Å². The van der Waals surface area contributed by atoms with Crippen molar-refractivity contribution in [2.24, 2.45) is 0 Å². The minimum Gasteiger partial charge on any atom is -0.315 e. The highest BCUT2D eigenvalue weighted by atomic mass is 79.9. The van der Waals surface area contributed by atoms with E-state index in [-0.39, 0.29) is 11.4 Å². The van der Waals surface area contributed by atoms with Crippen LogP contribution in [0, 0.1) is 0 Å². The highest BCUT2D eigenvalue weighted by Gasteiger charge is 2.37. The van der Waals surface area contributed by atoms with Gasteiger partial charge < -0.3 is 5.32 Å². The molecule has 2 rings (SSSR count). The molecule has 0 saturated heterocycles. The third-order valence-electron chi connectivity index (χ3n) is 2.41. The lowest BCUT2D eigenvalue weighted by Crippen LogP contribution is -2.12. The van der Waals surface area contributed by atoms with E-state index >= 15 is 0 Å². The first kappa shape index (κ1) is 14.5. The highest BCUT2D eigenvalue weighted by molar-refractivity contribution is 9.10. The highest BCUT2D eigenvalue weighted by Crippen LogP contribution is 2.39. The van der Waals surface area contributed by atoms with Crippen molar-refractivity contribution in [1.82, 2.24) is 10.3 Å². The van der Waals surface area contributed by atoms with Gasteiger partial charge in [-0.15, -0.1) is 11.3 Å². The van der Waals surface area contributed by atoms with Crippen LogP contribution < -0.4 is 5.32 Å². The largest absolute Gasteiger partial charge is 0.434 e. The summed E-state index contributed by atoms with van der Waals surface area (Å²) in [4.78, 5) is 3.95. The monoisotopic (exact) mass is 350 g/mol. The van der Waals surface area contributed by atoms with Crippen LogP contribution in [0.4, 0.5) is 13.2 Å². The lowest BCUT2D eigenvalue weighted by molar-refractivity contribution is -0.141. The van der Waals surface area contributed by atoms with Crippen LogP contribution in [0.15, 0.2) is 28.7 Å². The number of alkyl halides is 3. The number of rotatable bonds is 3. The van der Waals surface area contributed by atoms with Gasteiger partial charge in [-0.2, -0.15) is 13.2 Å². The van der Waals surface area contributed by atoms with Gasteiger partial charge in [0.25, 0.3) is 0 Å². The van der Waals surface area contributed by atoms with Crippen LogP contribution in [-0.2, 0) is 12.7 Å². The Morgan fingerprint density at radius 2 is 2.00 bits per heavy atom. The Bertz CT molecular complexity index is 581. The van der Waals surface area contributed by atoms with E-state index in [1.54, 1.807) is 31.3 Å². The summed E-state index contributed by atoms with van der Waals surface area (Å²) in [7, 11) is 1.61. The van der Waals surface area contributed by atoms with E-state index < -0.39 is 11.9 Å². The molecule has 0 amide bonds. The molecule has 0 aliphatic carbocycles. The van der Waals surface area contributed by atoms with Crippen molar-refractivity contribution in [2.75, 3.05) is 7.05 Å². The lowest BCUT2D eigenvalue weighted by Gasteiger charge is -2.04. The molecule has 0 atom stereocenters. The second kappa shape index (κ2) is 5.60. The summed E-state index contributed by atoms with van der Waals surface area (Å²) in [6, 6.07) is 7.10. The zero-order valence-corrected chi connectivity index (χ0v) is 12.3. The number of aromatic nitrogens is 1. The van der Waals surface area contributed by atoms with Crippen molar-refractivity contribution in [2.45, 2.75) is 12.7 Å². The van der Waals surface area contributed by atoms with Gasteiger partial charge in [-0.05, 0) is 13.1 Å². The molecule has 0 unspecified atom stereocenters. The lowest BCUT2D eigenvalue weighted by atomic mass is 10.2. The molecule has 0 aliphatic rings. The van der Waals surface area contributed by atoms with E-state index in [0.717, 1.165) is 15.8 Å². The zero-order chi connectivity index (χ0) is 14.0. The van der Waals surface area contributed by atoms with Crippen LogP contribution in [-0.4, -0.2) is 12.0 Å². The first-order valence-corrected chi connectivity index (χ1v) is 7.01. The molecule has 0 fully saturated rings. The number of nitrogens with zero attached hydrogens (tertiary/aromatic N) is 1. The molecule has 2 aromatic rings. The summed E-state index contributed by atoms with van der Waals surface area (Å²) in [6.45, 7) is 0.150. The van der Waals surface area contributed by atoms with Crippen molar-refractivity contribution in [1.29, 1.82) is 0 Å². The topological polar surface area (TPSA) is 24.9 Å². The van der Waals surface area contributed by atoms with E-state index in [1.807, 2.05) is 0 Å². The van der Waals surface area contributed by atoms with Gasteiger partial charge in [-0.25, -0.2) is 4.98 Å². The first-order valence-electron chi connectivity index (χ1n) is 5.40. The Kier molecular flexibility index (Phi) is 4.27. The molecule has 1 heterocycles. The van der Waals surface area contributed by atoms with E-state index in [2.05, 4.69) is 26.2 Å². The van der Waals surface area contributed by atoms with E-state index in [9.17, 15) is 13.2 Å². The van der Waals surface area contributed by atoms with Crippen molar-refractivity contribution in [3.63, 3.8) is 0 Å². The SMILES string of the molecule is CNCc1sc(-c2ccccc2Br)nc1C(F)(F)F. The van der Waals surface area contributed by atoms with E-state index in [0.29, 0.717) is 10.6 Å². The third-order valence-corrected chi connectivity index (χ3v) is 4.19. The molecule has 1 N–H and O–H groups in total. The van der Waals surface area contributed by atoms with Crippen LogP contribution in [0.5, 0.6) is 0 Å². The fourth-order valence-corrected chi connectivity index (χ4v) is 3.34. The summed E-state index contributed by atoms with van der Waals surface area (Å²) in [5, 5.41) is 3.10. The summed E-state index contributed by atoms with van der Waals surface area (Å²) >= 11 is 4.38. The minimum atomic E-state index is -4.43. The minimum absolute atomic E-state index is 0.150. The maximum absolute atomic E-state index is 12.9. The van der Waals surface area contributed by atoms with Gasteiger partial charge in [-0.1, -0.05) is 34.1 Å². The predicted octanol–water partition coefficient (Wildman–Crippen LogP) is 4.31. The second-order valence-corrected chi connectivity index (χ2v) is 5.74. The van der Waals surface area contributed by atoms with Gasteiger partial charge in [0.1, 0.15) is 5.01 Å². The van der Waals surface area contributed by atoms with Crippen molar-refractivity contribution >= 4 is 27.3 Å². The third kappa shape index (κ3) is 3.16. The van der Waals surface area contributed by atoms with Crippen molar-refractivity contribution < 1.29 is 13.2 Å². The molecule has 102 valence electrons. The van der Waals surface area contributed by atoms with Crippen LogP contribution in [0.1, 0.15) is 10.6 Å². The molecule has 19 heavy (non-hydrogen) atoms. The number of halogens is 4. The number of benzene rings is 1. The molecule has 0 spiro atoms. The Labute approximate surface area is 120 Å². The normalized spacial score (nSPS) is 11.8. The average Bonchev–Trinajstić information content (AvgIpc) is 2.74. The molecule has 0 radical (unpaired) electrons. The summed E-state index contributed by atoms with van der Waals surface area (Å²) in [5.41, 5.74) is -0.141. The summed E-state index contributed by atoms with van der Waals surface area (Å²) in [5.74, 6) is 0. The molecule has 0 saturated carbocycles. The van der Waals surface area contributed by atoms with Gasteiger partial charge >= 0.3 is 6.18 Å². The second-order valence-electron chi connectivity index (χ2n) is 3.80. The Morgan fingerprint density at radius 1 is 1.32 bits per heavy atom. The molecule has 0 aliphatic heterocycles. The van der Waals surface area contributed by atoms with Crippen LogP contribution in [0.25, 0.3) is 10.6 Å². The quantitative estimate of drug-likeness (QED) is 0.891. The van der Waals surface area contributed by atoms with Gasteiger partial charge in [-0.3, -0.25) is 0 Å². The fraction of sp³-hybridized carbons (Fsp3) is 0.250. The summed E-state index contributed by atoms with van der Waals surface area (Å²) in [6.07, 6.45) is -4.43. The smallest absolute Gasteiger partial charge is 0.315 e. The Hall–Kier alpha value is -0.920. The fourth-order valence-electron chi connectivity index (χ4n) is 1.60. The number of nitrogens with one attached hydrogen (secondary N) is 1. The average molecular weight is 351 g/mol. The van der Waals surface area contributed by atoms with E-state index in [1.165, 1.54) is 0 Å². The zero-order valence-electron chi connectivity index (χ0n) is 9.88. The van der Waals surface area contributed by atoms with Crippen molar-refractivity contribution in [3.05, 3.63) is 39.3 Å². The maximum atomic E-state index is 12.9. The van der Waals surface area contributed by atoms with E-state index in [4.69, 9.17) is 0 Å². The van der Waals surface area contributed by atoms with Gasteiger partial charge in [0.15, 0.2) is 5.69 Å². The molecular formula is C12H10BrF3N2S. The molecule has 7 heteroatoms. The Morgan fingerprint density at radius 3 is 2.58 bits per heavy atom. The maximum Gasteiger partial charge on any atom is 0.434 e. The molecular weight excluding hydrogens is 341 g/mol. The van der Waals surface area contributed by atoms with Gasteiger partial charge in [0, 0.05) is 16.6 Å². The molecule has 1 aromatic carbocycles. The predicted molar refractivity (Wildman–Crippen MR) is 73.0 cm³/mol. The van der Waals surface area contributed by atoms with Gasteiger partial charge in [0.2, 0.25) is 0 Å². The molecule has 2 nitrogen and oxygen atoms in total. The number of hydrogen-bond acceptors (Lipinski definition) is 3. The molecule has 1 aromatic heterocycles. The van der Waals surface area contributed by atoms with Crippen LogP contribution >= 0.6 is 27.3 Å². The number of hydrogen-bond donors (Lipinski definition) is 1. The standard InChI is InChI=1S/C12H10BrF3N2S/c1-17-6-9-10(12(14,15)16)18-11(19-9)7-4-2-3-5-8(7)13/h2-5,17H,6H2,1H3. The molecule has 0 bridgehead atoms.